The number of hydrogen-bond acceptors (Lipinski definition) is 4. The highest BCUT2D eigenvalue weighted by Gasteiger charge is 2.07. The van der Waals surface area contributed by atoms with Crippen LogP contribution in [0.5, 0.6) is 0 Å². The van der Waals surface area contributed by atoms with Crippen molar-refractivity contribution in [2.45, 2.75) is 6.54 Å². The molecule has 0 aliphatic heterocycles. The summed E-state index contributed by atoms with van der Waals surface area (Å²) in [5, 5.41) is 5.79. The molecule has 0 atom stereocenters. The van der Waals surface area contributed by atoms with E-state index in [1.807, 2.05) is 78.9 Å². The van der Waals surface area contributed by atoms with Crippen LogP contribution in [0, 0.1) is 0 Å². The molecular formula is C25H19BrN2O3S. The Balaban J connectivity index is 1.26. The fourth-order valence-corrected chi connectivity index (χ4v) is 3.40. The van der Waals surface area contributed by atoms with Crippen LogP contribution in [0.4, 0.5) is 0 Å². The summed E-state index contributed by atoms with van der Waals surface area (Å²) in [4.78, 5) is 12.1. The zero-order valence-corrected chi connectivity index (χ0v) is 19.3. The van der Waals surface area contributed by atoms with Gasteiger partial charge in [-0.2, -0.15) is 0 Å². The van der Waals surface area contributed by atoms with Crippen molar-refractivity contribution in [3.8, 4) is 22.6 Å². The third-order valence-corrected chi connectivity index (χ3v) is 5.31. The van der Waals surface area contributed by atoms with Gasteiger partial charge in [0.1, 0.15) is 23.0 Å². The van der Waals surface area contributed by atoms with Gasteiger partial charge in [-0.3, -0.25) is 10.1 Å². The molecule has 0 unspecified atom stereocenters. The molecule has 0 aliphatic rings. The zero-order chi connectivity index (χ0) is 22.3. The Morgan fingerprint density at radius 2 is 1.56 bits per heavy atom. The molecule has 2 aromatic heterocycles. The number of rotatable bonds is 6. The predicted octanol–water partition coefficient (Wildman–Crippen LogP) is 6.17. The highest BCUT2D eigenvalue weighted by Crippen LogP contribution is 2.24. The van der Waals surface area contributed by atoms with E-state index in [2.05, 4.69) is 26.6 Å². The van der Waals surface area contributed by atoms with Crippen LogP contribution in [0.2, 0.25) is 0 Å². The molecule has 0 aliphatic carbocycles. The molecule has 2 N–H and O–H groups in total. The monoisotopic (exact) mass is 506 g/mol. The maximum absolute atomic E-state index is 12.1. The van der Waals surface area contributed by atoms with E-state index in [1.54, 1.807) is 6.08 Å². The molecule has 0 fully saturated rings. The molecule has 0 saturated heterocycles. The number of benzene rings is 2. The molecule has 2 heterocycles. The van der Waals surface area contributed by atoms with Crippen LogP contribution in [0.25, 0.3) is 28.7 Å². The molecule has 2 aromatic carbocycles. The lowest BCUT2D eigenvalue weighted by atomic mass is 10.2. The standard InChI is InChI=1S/C25H19BrN2O3S/c26-19-8-6-18(7-9-19)23-14-11-21(31-23)16-27-25(32)28-24(29)15-12-20-10-13-22(30-20)17-4-2-1-3-5-17/h1-15H,16H2,(H2,27,28,29,32)/b15-12+. The Morgan fingerprint density at radius 3 is 2.34 bits per heavy atom. The molecule has 5 nitrogen and oxygen atoms in total. The number of carbonyl (C=O) groups excluding carboxylic acids is 1. The molecule has 1 amide bonds. The smallest absolute Gasteiger partial charge is 0.250 e. The second kappa shape index (κ2) is 10.3. The summed E-state index contributed by atoms with van der Waals surface area (Å²) in [5.74, 6) is 2.44. The third-order valence-electron chi connectivity index (χ3n) is 4.53. The Morgan fingerprint density at radius 1 is 0.875 bits per heavy atom. The minimum atomic E-state index is -0.352. The van der Waals surface area contributed by atoms with Crippen molar-refractivity contribution in [1.29, 1.82) is 0 Å². The largest absolute Gasteiger partial charge is 0.459 e. The van der Waals surface area contributed by atoms with Gasteiger partial charge >= 0.3 is 0 Å². The number of hydrogen-bond donors (Lipinski definition) is 2. The van der Waals surface area contributed by atoms with E-state index in [-0.39, 0.29) is 11.0 Å². The van der Waals surface area contributed by atoms with Crippen LogP contribution in [0.3, 0.4) is 0 Å². The van der Waals surface area contributed by atoms with Crippen molar-refractivity contribution < 1.29 is 13.6 Å². The Labute approximate surface area is 199 Å². The van der Waals surface area contributed by atoms with Crippen LogP contribution < -0.4 is 10.6 Å². The number of amides is 1. The Bertz CT molecular complexity index is 1240. The van der Waals surface area contributed by atoms with Gasteiger partial charge in [-0.05, 0) is 54.7 Å². The number of thiocarbonyl (C=S) groups is 1. The minimum absolute atomic E-state index is 0.214. The first-order valence-corrected chi connectivity index (χ1v) is 11.0. The average molecular weight is 507 g/mol. The summed E-state index contributed by atoms with van der Waals surface area (Å²) in [5.41, 5.74) is 1.96. The number of nitrogens with one attached hydrogen (secondary N) is 2. The zero-order valence-electron chi connectivity index (χ0n) is 16.9. The second-order valence-electron chi connectivity index (χ2n) is 6.85. The van der Waals surface area contributed by atoms with E-state index in [1.165, 1.54) is 6.08 Å². The second-order valence-corrected chi connectivity index (χ2v) is 8.17. The van der Waals surface area contributed by atoms with Gasteiger partial charge < -0.3 is 14.2 Å². The van der Waals surface area contributed by atoms with Gasteiger partial charge in [0.15, 0.2) is 5.11 Å². The third kappa shape index (κ3) is 5.84. The van der Waals surface area contributed by atoms with Gasteiger partial charge in [0.25, 0.3) is 0 Å². The van der Waals surface area contributed by atoms with Crippen molar-refractivity contribution in [1.82, 2.24) is 10.6 Å². The fourth-order valence-electron chi connectivity index (χ4n) is 2.97. The average Bonchev–Trinajstić information content (AvgIpc) is 3.47. The summed E-state index contributed by atoms with van der Waals surface area (Å²) >= 11 is 8.61. The number of carbonyl (C=O) groups is 1. The van der Waals surface area contributed by atoms with Crippen molar-refractivity contribution >= 4 is 45.2 Å². The van der Waals surface area contributed by atoms with Crippen molar-refractivity contribution in [3.63, 3.8) is 0 Å². The summed E-state index contributed by atoms with van der Waals surface area (Å²) in [6, 6.07) is 25.1. The first-order valence-electron chi connectivity index (χ1n) is 9.83. The number of halogens is 1. The number of furan rings is 2. The Kier molecular flexibility index (Phi) is 6.99. The molecule has 0 spiro atoms. The SMILES string of the molecule is O=C(/C=C/c1ccc(-c2ccccc2)o1)NC(=S)NCc1ccc(-c2ccc(Br)cc2)o1. The lowest BCUT2D eigenvalue weighted by molar-refractivity contribution is -0.115. The van der Waals surface area contributed by atoms with E-state index < -0.39 is 0 Å². The van der Waals surface area contributed by atoms with Gasteiger partial charge in [-0.25, -0.2) is 0 Å². The van der Waals surface area contributed by atoms with Crippen molar-refractivity contribution in [3.05, 3.63) is 101 Å². The van der Waals surface area contributed by atoms with Crippen LogP contribution in [-0.4, -0.2) is 11.0 Å². The van der Waals surface area contributed by atoms with E-state index in [4.69, 9.17) is 21.1 Å². The lowest BCUT2D eigenvalue weighted by Crippen LogP contribution is -2.37. The summed E-state index contributed by atoms with van der Waals surface area (Å²) < 4.78 is 12.6. The summed E-state index contributed by atoms with van der Waals surface area (Å²) in [6.07, 6.45) is 2.97. The van der Waals surface area contributed by atoms with Crippen LogP contribution in [-0.2, 0) is 11.3 Å². The summed E-state index contributed by atoms with van der Waals surface area (Å²) in [6.45, 7) is 0.359. The molecule has 0 radical (unpaired) electrons. The quantitative estimate of drug-likeness (QED) is 0.241. The van der Waals surface area contributed by atoms with E-state index >= 15 is 0 Å². The van der Waals surface area contributed by atoms with Gasteiger partial charge in [0, 0.05) is 21.7 Å². The van der Waals surface area contributed by atoms with Crippen molar-refractivity contribution in [2.24, 2.45) is 0 Å². The van der Waals surface area contributed by atoms with Crippen LogP contribution >= 0.6 is 28.1 Å². The van der Waals surface area contributed by atoms with Gasteiger partial charge in [-0.1, -0.05) is 58.4 Å². The fraction of sp³-hybridized carbons (Fsp3) is 0.0400. The summed E-state index contributed by atoms with van der Waals surface area (Å²) in [7, 11) is 0. The highest BCUT2D eigenvalue weighted by atomic mass is 79.9. The minimum Gasteiger partial charge on any atom is -0.459 e. The van der Waals surface area contributed by atoms with Crippen LogP contribution in [0.15, 0.2) is 98.2 Å². The van der Waals surface area contributed by atoms with E-state index in [9.17, 15) is 4.79 Å². The highest BCUT2D eigenvalue weighted by molar-refractivity contribution is 9.10. The lowest BCUT2D eigenvalue weighted by Gasteiger charge is -2.06. The maximum atomic E-state index is 12.1. The molecule has 32 heavy (non-hydrogen) atoms. The van der Waals surface area contributed by atoms with E-state index in [0.29, 0.717) is 18.1 Å². The molecule has 0 saturated carbocycles. The maximum Gasteiger partial charge on any atom is 0.250 e. The van der Waals surface area contributed by atoms with Gasteiger partial charge in [-0.15, -0.1) is 0 Å². The van der Waals surface area contributed by atoms with E-state index in [0.717, 1.165) is 27.1 Å². The molecule has 160 valence electrons. The van der Waals surface area contributed by atoms with Gasteiger partial charge in [0.05, 0.1) is 6.54 Å². The first-order chi connectivity index (χ1) is 15.6. The predicted molar refractivity (Wildman–Crippen MR) is 133 cm³/mol. The molecule has 7 heteroatoms. The Hall–Kier alpha value is -3.42. The molecule has 4 aromatic rings. The van der Waals surface area contributed by atoms with Crippen molar-refractivity contribution in [2.75, 3.05) is 0 Å². The first kappa shape index (κ1) is 21.8. The van der Waals surface area contributed by atoms with Crippen LogP contribution in [0.1, 0.15) is 11.5 Å². The normalized spacial score (nSPS) is 10.9. The van der Waals surface area contributed by atoms with Gasteiger partial charge in [0.2, 0.25) is 5.91 Å². The molecule has 4 rings (SSSR count). The molecule has 0 bridgehead atoms. The molecular weight excluding hydrogens is 488 g/mol. The topological polar surface area (TPSA) is 67.4 Å².